The third-order valence-electron chi connectivity index (χ3n) is 3.49. The quantitative estimate of drug-likeness (QED) is 0.347. The summed E-state index contributed by atoms with van der Waals surface area (Å²) in [7, 11) is 0. The summed E-state index contributed by atoms with van der Waals surface area (Å²) >= 11 is -0.795. The fourth-order valence-corrected chi connectivity index (χ4v) is 3.20. The minimum atomic E-state index is -0.795. The van der Waals surface area contributed by atoms with Crippen molar-refractivity contribution < 1.29 is 9.90 Å². The Hall–Kier alpha value is 0.00247. The predicted molar refractivity (Wildman–Crippen MR) is 81.1 cm³/mol. The van der Waals surface area contributed by atoms with E-state index in [2.05, 4.69) is 6.92 Å². The standard InChI is InChI=1S/C14H29.CHO2.Al.H/c1-3-5-7-9-11-13-14-12-10-8-6-4-2;2-1-3;;/h1,3-14H2,2H3;(H,2,3);;. The van der Waals surface area contributed by atoms with Crippen molar-refractivity contribution in [2.45, 2.75) is 89.3 Å². The number of unbranched alkanes of at least 4 members (excludes halogenated alkanes) is 11. The van der Waals surface area contributed by atoms with Crippen molar-refractivity contribution in [3.63, 3.8) is 0 Å². The summed E-state index contributed by atoms with van der Waals surface area (Å²) in [6, 6.07) is 0. The molecule has 0 unspecified atom stereocenters. The molecule has 3 heteroatoms. The minimum Gasteiger partial charge on any atom is -0.496 e. The first-order valence-corrected chi connectivity index (χ1v) is 9.70. The Labute approximate surface area is 119 Å². The number of hydrogen-bond donors (Lipinski definition) is 1. The van der Waals surface area contributed by atoms with Gasteiger partial charge in [0.15, 0.2) is 4.83 Å². The Balaban J connectivity index is 2.92. The smallest absolute Gasteiger partial charge is 0.411 e. The van der Waals surface area contributed by atoms with E-state index in [4.69, 9.17) is 5.11 Å². The molecule has 0 aliphatic rings. The van der Waals surface area contributed by atoms with Crippen molar-refractivity contribution >= 4 is 20.1 Å². The Morgan fingerprint density at radius 1 is 0.778 bits per heavy atom. The van der Waals surface area contributed by atoms with Crippen LogP contribution in [0.25, 0.3) is 0 Å². The minimum absolute atomic E-state index is 0.516. The molecule has 0 aromatic heterocycles. The van der Waals surface area contributed by atoms with E-state index in [0.29, 0.717) is 0 Å². The lowest BCUT2D eigenvalue weighted by atomic mass is 10.1. The van der Waals surface area contributed by atoms with Gasteiger partial charge >= 0.3 is 15.2 Å². The maximum Gasteiger partial charge on any atom is 0.411 e. The molecule has 106 valence electrons. The van der Waals surface area contributed by atoms with E-state index in [1.165, 1.54) is 70.6 Å². The first-order valence-electron chi connectivity index (χ1n) is 7.99. The van der Waals surface area contributed by atoms with E-state index < -0.39 is 20.1 Å². The summed E-state index contributed by atoms with van der Waals surface area (Å²) in [6.07, 6.45) is 16.3. The van der Waals surface area contributed by atoms with Crippen molar-refractivity contribution in [3.05, 3.63) is 0 Å². The molecule has 0 rings (SSSR count). The molecule has 0 spiro atoms. The van der Waals surface area contributed by atoms with Gasteiger partial charge in [-0.05, 0) is 0 Å². The van der Waals surface area contributed by atoms with Crippen LogP contribution in [0.4, 0.5) is 4.79 Å². The van der Waals surface area contributed by atoms with Crippen LogP contribution in [0, 0.1) is 0 Å². The van der Waals surface area contributed by atoms with Crippen LogP contribution >= 0.6 is 0 Å². The van der Waals surface area contributed by atoms with Crippen LogP contribution in [0.3, 0.4) is 0 Å². The van der Waals surface area contributed by atoms with Crippen LogP contribution in [0.1, 0.15) is 84.0 Å². The van der Waals surface area contributed by atoms with Crippen molar-refractivity contribution in [3.8, 4) is 0 Å². The van der Waals surface area contributed by atoms with E-state index in [9.17, 15) is 4.79 Å². The normalized spacial score (nSPS) is 10.5. The summed E-state index contributed by atoms with van der Waals surface area (Å²) < 4.78 is 0. The van der Waals surface area contributed by atoms with Gasteiger partial charge in [0.2, 0.25) is 0 Å². The van der Waals surface area contributed by atoms with E-state index in [1.807, 2.05) is 0 Å². The average molecular weight is 270 g/mol. The number of rotatable bonds is 14. The van der Waals surface area contributed by atoms with Gasteiger partial charge in [-0.15, -0.1) is 0 Å². The molecule has 0 atom stereocenters. The second-order valence-electron chi connectivity index (χ2n) is 5.39. The van der Waals surface area contributed by atoms with E-state index in [0.717, 1.165) is 11.7 Å². The predicted octanol–water partition coefficient (Wildman–Crippen LogP) is 5.22. The lowest BCUT2D eigenvalue weighted by Gasteiger charge is -2.02. The zero-order valence-electron chi connectivity index (χ0n) is 12.3. The van der Waals surface area contributed by atoms with Gasteiger partial charge in [0.25, 0.3) is 0 Å². The highest BCUT2D eigenvalue weighted by atomic mass is 27.1. The van der Waals surface area contributed by atoms with Gasteiger partial charge in [-0.25, -0.2) is 0 Å². The molecule has 0 saturated carbocycles. The zero-order chi connectivity index (χ0) is 13.5. The fourth-order valence-electron chi connectivity index (χ4n) is 2.29. The molecule has 2 nitrogen and oxygen atoms in total. The summed E-state index contributed by atoms with van der Waals surface area (Å²) in [5.74, 6) is 0. The van der Waals surface area contributed by atoms with E-state index >= 15 is 0 Å². The number of carboxylic acid groups (broad SMARTS) is 1. The Morgan fingerprint density at radius 3 is 1.56 bits per heavy atom. The lowest BCUT2D eigenvalue weighted by molar-refractivity contribution is 0.219. The molecule has 0 aliphatic heterocycles. The topological polar surface area (TPSA) is 37.3 Å². The highest BCUT2D eigenvalue weighted by molar-refractivity contribution is 6.71. The van der Waals surface area contributed by atoms with Gasteiger partial charge in [-0.3, -0.25) is 4.79 Å². The molecule has 0 amide bonds. The first kappa shape index (κ1) is 18.0. The van der Waals surface area contributed by atoms with Gasteiger partial charge in [-0.2, -0.15) is 0 Å². The molecule has 0 radical (unpaired) electrons. The van der Waals surface area contributed by atoms with Crippen LogP contribution in [0.5, 0.6) is 0 Å². The second-order valence-corrected chi connectivity index (χ2v) is 7.20. The molecule has 0 saturated heterocycles. The first-order chi connectivity index (χ1) is 8.77. The van der Waals surface area contributed by atoms with Crippen molar-refractivity contribution in [1.82, 2.24) is 0 Å². The van der Waals surface area contributed by atoms with Crippen molar-refractivity contribution in [1.29, 1.82) is 0 Å². The molecular weight excluding hydrogens is 239 g/mol. The Bertz CT molecular complexity index is 183. The zero-order valence-corrected chi connectivity index (χ0v) is 13.7. The molecule has 0 aromatic rings. The number of hydrogen-bond acceptors (Lipinski definition) is 1. The summed E-state index contributed by atoms with van der Waals surface area (Å²) in [5.41, 5.74) is 0. The SMILES string of the molecule is CCCCCCCCCCCCC[CH2][AlH][C](=O)O. The Kier molecular flexibility index (Phi) is 15.1. The van der Waals surface area contributed by atoms with Gasteiger partial charge in [-0.1, -0.05) is 89.3 Å². The van der Waals surface area contributed by atoms with Crippen LogP contribution in [-0.4, -0.2) is 25.2 Å². The van der Waals surface area contributed by atoms with Gasteiger partial charge in [0.05, 0.1) is 0 Å². The molecule has 0 aromatic carbocycles. The van der Waals surface area contributed by atoms with Crippen LogP contribution in [0.15, 0.2) is 0 Å². The summed E-state index contributed by atoms with van der Waals surface area (Å²) in [4.78, 5) is 9.85. The van der Waals surface area contributed by atoms with Crippen molar-refractivity contribution in [2.24, 2.45) is 0 Å². The molecule has 0 fully saturated rings. The fraction of sp³-hybridized carbons (Fsp3) is 0.933. The monoisotopic (exact) mass is 270 g/mol. The highest BCUT2D eigenvalue weighted by Gasteiger charge is 2.01. The van der Waals surface area contributed by atoms with Crippen LogP contribution < -0.4 is 0 Å². The molecular formula is C15H31AlO2. The van der Waals surface area contributed by atoms with Gasteiger partial charge in [0.1, 0.15) is 0 Å². The Morgan fingerprint density at radius 2 is 1.17 bits per heavy atom. The molecule has 1 N–H and O–H groups in total. The highest BCUT2D eigenvalue weighted by Crippen LogP contribution is 2.12. The van der Waals surface area contributed by atoms with Crippen LogP contribution in [0.2, 0.25) is 5.28 Å². The lowest BCUT2D eigenvalue weighted by Crippen LogP contribution is -2.03. The maximum atomic E-state index is 10.4. The average Bonchev–Trinajstić information content (AvgIpc) is 2.34. The third-order valence-corrected chi connectivity index (χ3v) is 4.78. The van der Waals surface area contributed by atoms with Gasteiger partial charge < -0.3 is 5.11 Å². The maximum absolute atomic E-state index is 10.4. The largest absolute Gasteiger partial charge is 0.496 e. The number of carbonyl (C=O) groups is 1. The molecule has 0 heterocycles. The van der Waals surface area contributed by atoms with Crippen molar-refractivity contribution in [2.75, 3.05) is 0 Å². The van der Waals surface area contributed by atoms with Crippen LogP contribution in [-0.2, 0) is 0 Å². The van der Waals surface area contributed by atoms with Gasteiger partial charge in [0, 0.05) is 0 Å². The summed E-state index contributed by atoms with van der Waals surface area (Å²) in [5, 5.41) is 9.55. The summed E-state index contributed by atoms with van der Waals surface area (Å²) in [6.45, 7) is 2.26. The molecule has 0 bridgehead atoms. The second kappa shape index (κ2) is 15.1. The molecule has 18 heavy (non-hydrogen) atoms. The molecule has 0 aliphatic carbocycles. The van der Waals surface area contributed by atoms with E-state index in [-0.39, 0.29) is 0 Å². The van der Waals surface area contributed by atoms with E-state index in [1.54, 1.807) is 0 Å². The third kappa shape index (κ3) is 16.0.